The van der Waals surface area contributed by atoms with Crippen molar-refractivity contribution in [3.63, 3.8) is 0 Å². The van der Waals surface area contributed by atoms with Crippen LogP contribution in [0.1, 0.15) is 12.8 Å². The molecule has 0 aliphatic carbocycles. The molecule has 0 bridgehead atoms. The van der Waals surface area contributed by atoms with Crippen molar-refractivity contribution in [3.05, 3.63) is 12.0 Å². The highest BCUT2D eigenvalue weighted by atomic mass is 32.2. The lowest BCUT2D eigenvalue weighted by molar-refractivity contribution is -0.198. The van der Waals surface area contributed by atoms with E-state index in [4.69, 9.17) is 0 Å². The van der Waals surface area contributed by atoms with Gasteiger partial charge in [0.15, 0.2) is 6.61 Å². The predicted molar refractivity (Wildman–Crippen MR) is 52.2 cm³/mol. The van der Waals surface area contributed by atoms with Crippen molar-refractivity contribution in [2.45, 2.75) is 12.8 Å². The van der Waals surface area contributed by atoms with Gasteiger partial charge in [-0.3, -0.25) is 13.8 Å². The SMILES string of the molecule is C=CS(=O)(=O)OCC(=O)ON1C(=O)CCC1=O. The van der Waals surface area contributed by atoms with Crippen LogP contribution in [0.25, 0.3) is 0 Å². The molecule has 0 aromatic heterocycles. The molecule has 1 aliphatic heterocycles. The highest BCUT2D eigenvalue weighted by Gasteiger charge is 2.33. The first kappa shape index (κ1) is 13.3. The lowest BCUT2D eigenvalue weighted by Crippen LogP contribution is -2.33. The highest BCUT2D eigenvalue weighted by Crippen LogP contribution is 2.12. The lowest BCUT2D eigenvalue weighted by Gasteiger charge is -2.11. The third-order valence-corrected chi connectivity index (χ3v) is 2.60. The average molecular weight is 263 g/mol. The van der Waals surface area contributed by atoms with Crippen molar-refractivity contribution in [1.29, 1.82) is 0 Å². The molecule has 17 heavy (non-hydrogen) atoms. The molecule has 0 aromatic rings. The molecule has 8 nitrogen and oxygen atoms in total. The Kier molecular flexibility index (Phi) is 3.97. The van der Waals surface area contributed by atoms with Crippen molar-refractivity contribution >= 4 is 27.9 Å². The molecule has 1 rings (SSSR count). The second-order valence-electron chi connectivity index (χ2n) is 2.97. The van der Waals surface area contributed by atoms with Crippen LogP contribution >= 0.6 is 0 Å². The standard InChI is InChI=1S/C8H9NO7S/c1-2-17(13,14)15-5-8(12)16-9-6(10)3-4-7(9)11/h2H,1,3-5H2. The summed E-state index contributed by atoms with van der Waals surface area (Å²) in [4.78, 5) is 37.5. The number of hydrogen-bond donors (Lipinski definition) is 0. The zero-order valence-electron chi connectivity index (χ0n) is 8.62. The molecule has 2 amide bonds. The predicted octanol–water partition coefficient (Wildman–Crippen LogP) is -0.916. The molecule has 0 N–H and O–H groups in total. The van der Waals surface area contributed by atoms with E-state index in [0.29, 0.717) is 10.5 Å². The molecule has 0 atom stereocenters. The molecule has 1 saturated heterocycles. The van der Waals surface area contributed by atoms with Crippen LogP contribution in [0.15, 0.2) is 12.0 Å². The van der Waals surface area contributed by atoms with Gasteiger partial charge >= 0.3 is 5.97 Å². The molecule has 1 aliphatic rings. The van der Waals surface area contributed by atoms with Gasteiger partial charge in [-0.1, -0.05) is 6.58 Å². The Hall–Kier alpha value is -1.74. The monoisotopic (exact) mass is 263 g/mol. The summed E-state index contributed by atoms with van der Waals surface area (Å²) in [5, 5.41) is 0.804. The maximum atomic E-state index is 11.1. The first-order valence-electron chi connectivity index (χ1n) is 4.44. The molecule has 0 radical (unpaired) electrons. The second-order valence-corrected chi connectivity index (χ2v) is 4.52. The Bertz CT molecular complexity index is 450. The van der Waals surface area contributed by atoms with E-state index < -0.39 is 34.5 Å². The van der Waals surface area contributed by atoms with E-state index in [2.05, 4.69) is 15.6 Å². The maximum absolute atomic E-state index is 11.1. The van der Waals surface area contributed by atoms with Gasteiger partial charge in [-0.25, -0.2) is 4.79 Å². The van der Waals surface area contributed by atoms with Crippen molar-refractivity contribution < 1.29 is 31.8 Å². The number of hydrogen-bond acceptors (Lipinski definition) is 7. The number of amides is 2. The minimum Gasteiger partial charge on any atom is -0.328 e. The molecule has 1 fully saturated rings. The van der Waals surface area contributed by atoms with Gasteiger partial charge in [-0.2, -0.15) is 8.42 Å². The van der Waals surface area contributed by atoms with Crippen LogP contribution < -0.4 is 0 Å². The van der Waals surface area contributed by atoms with Crippen molar-refractivity contribution in [2.24, 2.45) is 0 Å². The Balaban J connectivity index is 2.48. The van der Waals surface area contributed by atoms with E-state index in [1.165, 1.54) is 0 Å². The fraction of sp³-hybridized carbons (Fsp3) is 0.375. The smallest absolute Gasteiger partial charge is 0.328 e. The number of carbonyl (C=O) groups excluding carboxylic acids is 3. The Morgan fingerprint density at radius 3 is 2.35 bits per heavy atom. The molecule has 0 spiro atoms. The van der Waals surface area contributed by atoms with Gasteiger partial charge < -0.3 is 4.84 Å². The number of rotatable bonds is 5. The van der Waals surface area contributed by atoms with Crippen LogP contribution in [-0.4, -0.2) is 37.9 Å². The van der Waals surface area contributed by atoms with Gasteiger partial charge in [0.2, 0.25) is 0 Å². The maximum Gasteiger partial charge on any atom is 0.360 e. The fourth-order valence-corrected chi connectivity index (χ4v) is 1.32. The molecule has 9 heteroatoms. The fourth-order valence-electron chi connectivity index (χ4n) is 0.964. The van der Waals surface area contributed by atoms with Gasteiger partial charge in [-0.05, 0) is 0 Å². The van der Waals surface area contributed by atoms with Gasteiger partial charge in [0.25, 0.3) is 21.9 Å². The molecule has 94 valence electrons. The Morgan fingerprint density at radius 2 is 1.88 bits per heavy atom. The zero-order valence-corrected chi connectivity index (χ0v) is 9.44. The third kappa shape index (κ3) is 3.64. The van der Waals surface area contributed by atoms with Crippen LogP contribution in [0.5, 0.6) is 0 Å². The summed E-state index contributed by atoms with van der Waals surface area (Å²) in [5.74, 6) is -2.48. The molecule has 0 aromatic carbocycles. The van der Waals surface area contributed by atoms with Crippen molar-refractivity contribution in [1.82, 2.24) is 5.06 Å². The number of nitrogens with zero attached hydrogens (tertiary/aromatic N) is 1. The average Bonchev–Trinajstić information content (AvgIpc) is 2.58. The van der Waals surface area contributed by atoms with E-state index in [9.17, 15) is 22.8 Å². The third-order valence-electron chi connectivity index (χ3n) is 1.74. The summed E-state index contributed by atoms with van der Waals surface area (Å²) in [5.41, 5.74) is 0. The number of carbonyl (C=O) groups is 3. The summed E-state index contributed by atoms with van der Waals surface area (Å²) >= 11 is 0. The lowest BCUT2D eigenvalue weighted by atomic mass is 10.4. The highest BCUT2D eigenvalue weighted by molar-refractivity contribution is 7.89. The minimum absolute atomic E-state index is 0.0437. The first-order valence-corrected chi connectivity index (χ1v) is 5.91. The zero-order chi connectivity index (χ0) is 13.1. The normalized spacial score (nSPS) is 16.1. The topological polar surface area (TPSA) is 107 Å². The summed E-state index contributed by atoms with van der Waals surface area (Å²) in [7, 11) is -4.00. The van der Waals surface area contributed by atoms with Crippen LogP contribution in [0, 0.1) is 0 Å². The summed E-state index contributed by atoms with van der Waals surface area (Å²) < 4.78 is 25.7. The molecule has 0 saturated carbocycles. The summed E-state index contributed by atoms with van der Waals surface area (Å²) in [6.07, 6.45) is -0.0874. The van der Waals surface area contributed by atoms with Crippen molar-refractivity contribution in [2.75, 3.05) is 6.61 Å². The van der Waals surface area contributed by atoms with Crippen LogP contribution in [-0.2, 0) is 33.5 Å². The summed E-state index contributed by atoms with van der Waals surface area (Å²) in [6.45, 7) is 2.01. The number of hydroxylamine groups is 2. The largest absolute Gasteiger partial charge is 0.360 e. The first-order chi connectivity index (χ1) is 7.85. The number of imide groups is 1. The molecule has 1 heterocycles. The van der Waals surface area contributed by atoms with Crippen molar-refractivity contribution in [3.8, 4) is 0 Å². The molecular formula is C8H9NO7S. The summed E-state index contributed by atoms with van der Waals surface area (Å²) in [6, 6.07) is 0. The van der Waals surface area contributed by atoms with Gasteiger partial charge in [0.1, 0.15) is 0 Å². The minimum atomic E-state index is -4.00. The van der Waals surface area contributed by atoms with E-state index >= 15 is 0 Å². The quantitative estimate of drug-likeness (QED) is 0.466. The van der Waals surface area contributed by atoms with Gasteiger partial charge in [0, 0.05) is 12.8 Å². The van der Waals surface area contributed by atoms with E-state index in [1.54, 1.807) is 0 Å². The Morgan fingerprint density at radius 1 is 1.35 bits per heavy atom. The van der Waals surface area contributed by atoms with E-state index in [-0.39, 0.29) is 12.8 Å². The van der Waals surface area contributed by atoms with Crippen LogP contribution in [0.3, 0.4) is 0 Å². The molecular weight excluding hydrogens is 254 g/mol. The van der Waals surface area contributed by atoms with Gasteiger partial charge in [-0.15, -0.1) is 5.06 Å². The molecule has 0 unspecified atom stereocenters. The Labute approximate surface area is 96.9 Å². The van der Waals surface area contributed by atoms with Gasteiger partial charge in [0.05, 0.1) is 5.41 Å². The van der Waals surface area contributed by atoms with E-state index in [1.807, 2.05) is 0 Å². The van der Waals surface area contributed by atoms with E-state index in [0.717, 1.165) is 0 Å². The second kappa shape index (κ2) is 5.06. The van der Waals surface area contributed by atoms with Crippen LogP contribution in [0.4, 0.5) is 0 Å². The van der Waals surface area contributed by atoms with Crippen LogP contribution in [0.2, 0.25) is 0 Å².